The summed E-state index contributed by atoms with van der Waals surface area (Å²) >= 11 is 1.41. The molecule has 0 fully saturated rings. The topological polar surface area (TPSA) is 85.6 Å². The van der Waals surface area contributed by atoms with Gasteiger partial charge in [0.2, 0.25) is 0 Å². The van der Waals surface area contributed by atoms with Crippen LogP contribution in [0.4, 0.5) is 5.69 Å². The molecule has 0 aliphatic rings. The Morgan fingerprint density at radius 3 is 2.73 bits per heavy atom. The second kappa shape index (κ2) is 9.04. The highest BCUT2D eigenvalue weighted by Crippen LogP contribution is 2.35. The van der Waals surface area contributed by atoms with Gasteiger partial charge in [-0.3, -0.25) is 9.36 Å². The number of rotatable bonds is 9. The fourth-order valence-electron chi connectivity index (χ4n) is 3.48. The van der Waals surface area contributed by atoms with Gasteiger partial charge in [0.25, 0.3) is 5.56 Å². The lowest BCUT2D eigenvalue weighted by atomic mass is 10.2. The van der Waals surface area contributed by atoms with Crippen molar-refractivity contribution >= 4 is 37.3 Å². The van der Waals surface area contributed by atoms with Crippen molar-refractivity contribution in [3.05, 3.63) is 64.1 Å². The van der Waals surface area contributed by atoms with Crippen LogP contribution in [0.1, 0.15) is 19.3 Å². The fraction of sp³-hybridized carbons (Fsp3) is 0.273. The van der Waals surface area contributed by atoms with Gasteiger partial charge in [-0.25, -0.2) is 4.98 Å². The highest BCUT2D eigenvalue weighted by atomic mass is 32.1. The van der Waals surface area contributed by atoms with Crippen LogP contribution in [0.5, 0.6) is 5.75 Å². The Hall–Kier alpha value is -3.26. The summed E-state index contributed by atoms with van der Waals surface area (Å²) in [6, 6.07) is 11.3. The number of anilines is 1. The number of nitroso groups, excluding NO2 is 1. The Morgan fingerprint density at radius 2 is 1.97 bits per heavy atom. The van der Waals surface area contributed by atoms with Crippen LogP contribution in [0, 0.1) is 4.91 Å². The largest absolute Gasteiger partial charge is 0.497 e. The van der Waals surface area contributed by atoms with Crippen molar-refractivity contribution in [1.82, 2.24) is 9.55 Å². The maximum absolute atomic E-state index is 13.2. The van der Waals surface area contributed by atoms with Crippen molar-refractivity contribution in [2.75, 3.05) is 25.5 Å². The minimum Gasteiger partial charge on any atom is -0.497 e. The summed E-state index contributed by atoms with van der Waals surface area (Å²) < 4.78 is 7.53. The number of benzene rings is 1. The van der Waals surface area contributed by atoms with Crippen LogP contribution in [-0.4, -0.2) is 29.8 Å². The van der Waals surface area contributed by atoms with Gasteiger partial charge in [-0.2, -0.15) is 4.91 Å². The van der Waals surface area contributed by atoms with Crippen LogP contribution in [0.15, 0.2) is 58.8 Å². The summed E-state index contributed by atoms with van der Waals surface area (Å²) in [5.74, 6) is 0.747. The monoisotopic (exact) mass is 422 g/mol. The van der Waals surface area contributed by atoms with E-state index in [2.05, 4.69) is 15.5 Å². The summed E-state index contributed by atoms with van der Waals surface area (Å²) in [5, 5.41) is 8.23. The minimum absolute atomic E-state index is 0.0621. The van der Waals surface area contributed by atoms with Gasteiger partial charge >= 0.3 is 0 Å². The van der Waals surface area contributed by atoms with Crippen LogP contribution in [-0.2, 0) is 0 Å². The molecule has 8 heteroatoms. The van der Waals surface area contributed by atoms with Gasteiger partial charge in [0.05, 0.1) is 13.7 Å². The number of methoxy groups -OCH3 is 1. The number of thiophene rings is 1. The first-order chi connectivity index (χ1) is 14.7. The average molecular weight is 423 g/mol. The molecule has 7 nitrogen and oxygen atoms in total. The number of fused-ring (bicyclic) bond motifs is 3. The molecular weight excluding hydrogens is 400 g/mol. The molecule has 4 rings (SSSR count). The molecule has 4 aromatic rings. The Kier molecular flexibility index (Phi) is 6.04. The zero-order chi connectivity index (χ0) is 20.9. The molecule has 0 saturated heterocycles. The van der Waals surface area contributed by atoms with Gasteiger partial charge in [0, 0.05) is 41.1 Å². The van der Waals surface area contributed by atoms with E-state index in [1.54, 1.807) is 17.9 Å². The fourth-order valence-corrected chi connectivity index (χ4v) is 4.58. The minimum atomic E-state index is -0.0621. The number of aromatic nitrogens is 2. The number of hydrogen-bond donors (Lipinski definition) is 1. The van der Waals surface area contributed by atoms with Crippen molar-refractivity contribution in [2.45, 2.75) is 19.3 Å². The molecular formula is C22H22N4O3S. The summed E-state index contributed by atoms with van der Waals surface area (Å²) in [6.45, 7) is 1.16. The Balaban J connectivity index is 1.66. The molecule has 0 atom stereocenters. The van der Waals surface area contributed by atoms with Crippen molar-refractivity contribution in [3.63, 3.8) is 0 Å². The molecule has 0 radical (unpaired) electrons. The van der Waals surface area contributed by atoms with Crippen molar-refractivity contribution in [1.29, 1.82) is 0 Å². The number of pyridine rings is 2. The summed E-state index contributed by atoms with van der Waals surface area (Å²) in [6.07, 6.45) is 6.28. The Labute approximate surface area is 177 Å². The SMILES string of the molecule is COc1ccc(-n2ccc3c(sc4nccc(NCCCCCN=O)c43)c2=O)cc1. The molecule has 3 heterocycles. The maximum Gasteiger partial charge on any atom is 0.273 e. The molecule has 154 valence electrons. The highest BCUT2D eigenvalue weighted by molar-refractivity contribution is 7.25. The lowest BCUT2D eigenvalue weighted by Gasteiger charge is -2.09. The molecule has 3 aromatic heterocycles. The van der Waals surface area contributed by atoms with E-state index >= 15 is 0 Å². The van der Waals surface area contributed by atoms with E-state index in [1.807, 2.05) is 42.6 Å². The van der Waals surface area contributed by atoms with E-state index in [1.165, 1.54) is 11.3 Å². The first kappa shape index (κ1) is 20.0. The molecule has 0 saturated carbocycles. The van der Waals surface area contributed by atoms with Gasteiger partial charge < -0.3 is 10.1 Å². The molecule has 0 aliphatic heterocycles. The van der Waals surface area contributed by atoms with Crippen LogP contribution >= 0.6 is 11.3 Å². The van der Waals surface area contributed by atoms with E-state index in [0.717, 1.165) is 58.5 Å². The van der Waals surface area contributed by atoms with Gasteiger partial charge in [0.1, 0.15) is 15.3 Å². The summed E-state index contributed by atoms with van der Waals surface area (Å²) in [5.41, 5.74) is 1.70. The lowest BCUT2D eigenvalue weighted by Crippen LogP contribution is -2.16. The van der Waals surface area contributed by atoms with Gasteiger partial charge in [-0.05, 0) is 55.7 Å². The lowest BCUT2D eigenvalue weighted by molar-refractivity contribution is 0.414. The van der Waals surface area contributed by atoms with Gasteiger partial charge in [-0.15, -0.1) is 11.3 Å². The maximum atomic E-state index is 13.2. The van der Waals surface area contributed by atoms with Crippen LogP contribution in [0.2, 0.25) is 0 Å². The molecule has 0 bridgehead atoms. The van der Waals surface area contributed by atoms with Gasteiger partial charge in [0.15, 0.2) is 0 Å². The molecule has 0 amide bonds. The number of ether oxygens (including phenoxy) is 1. The third-order valence-electron chi connectivity index (χ3n) is 5.02. The first-order valence-corrected chi connectivity index (χ1v) is 10.6. The molecule has 0 spiro atoms. The van der Waals surface area contributed by atoms with Crippen LogP contribution in [0.25, 0.3) is 26.0 Å². The van der Waals surface area contributed by atoms with Crippen molar-refractivity contribution < 1.29 is 4.74 Å². The van der Waals surface area contributed by atoms with Crippen molar-refractivity contribution in [3.8, 4) is 11.4 Å². The number of unbranched alkanes of at least 4 members (excludes halogenated alkanes) is 2. The third-order valence-corrected chi connectivity index (χ3v) is 6.13. The average Bonchev–Trinajstić information content (AvgIpc) is 3.17. The smallest absolute Gasteiger partial charge is 0.273 e. The van der Waals surface area contributed by atoms with E-state index in [0.29, 0.717) is 11.2 Å². The van der Waals surface area contributed by atoms with Crippen molar-refractivity contribution in [2.24, 2.45) is 5.18 Å². The van der Waals surface area contributed by atoms with E-state index in [-0.39, 0.29) is 5.56 Å². The second-order valence-corrected chi connectivity index (χ2v) is 7.91. The summed E-state index contributed by atoms with van der Waals surface area (Å²) in [7, 11) is 1.62. The Morgan fingerprint density at radius 1 is 1.13 bits per heavy atom. The zero-order valence-corrected chi connectivity index (χ0v) is 17.4. The number of nitrogens with zero attached hydrogens (tertiary/aromatic N) is 3. The molecule has 1 N–H and O–H groups in total. The van der Waals surface area contributed by atoms with Gasteiger partial charge in [-0.1, -0.05) is 5.18 Å². The molecule has 0 unspecified atom stereocenters. The predicted molar refractivity (Wildman–Crippen MR) is 122 cm³/mol. The highest BCUT2D eigenvalue weighted by Gasteiger charge is 2.14. The number of hydrogen-bond acceptors (Lipinski definition) is 7. The summed E-state index contributed by atoms with van der Waals surface area (Å²) in [4.78, 5) is 28.7. The standard InChI is InChI=1S/C22H22N4O3S/c1-29-16-7-5-15(6-8-16)26-14-10-17-19-18(23-11-3-2-4-12-25-28)9-13-24-21(19)30-20(17)22(26)27/h5-10,13-14H,2-4,11-12H2,1H3,(H,23,24). The molecule has 0 aliphatic carbocycles. The van der Waals surface area contributed by atoms with Crippen LogP contribution in [0.3, 0.4) is 0 Å². The quantitative estimate of drug-likeness (QED) is 0.304. The third kappa shape index (κ3) is 3.91. The number of nitrogens with one attached hydrogen (secondary N) is 1. The first-order valence-electron chi connectivity index (χ1n) is 9.83. The van der Waals surface area contributed by atoms with E-state index in [4.69, 9.17) is 4.74 Å². The molecule has 1 aromatic carbocycles. The zero-order valence-electron chi connectivity index (χ0n) is 16.6. The normalized spacial score (nSPS) is 11.1. The molecule has 30 heavy (non-hydrogen) atoms. The Bertz CT molecular complexity index is 1230. The van der Waals surface area contributed by atoms with Crippen LogP contribution < -0.4 is 15.6 Å². The predicted octanol–water partition coefficient (Wildman–Crippen LogP) is 4.96. The van der Waals surface area contributed by atoms with E-state index < -0.39 is 0 Å². The van der Waals surface area contributed by atoms with E-state index in [9.17, 15) is 9.70 Å². The second-order valence-electron chi connectivity index (χ2n) is 6.91.